The normalized spacial score (nSPS) is 13.1. The van der Waals surface area contributed by atoms with E-state index >= 15 is 0 Å². The number of thiophene rings is 1. The molecular weight excluding hydrogens is 348 g/mol. The average molecular weight is 368 g/mol. The second-order valence-electron chi connectivity index (χ2n) is 6.24. The lowest BCUT2D eigenvalue weighted by Gasteiger charge is -2.05. The lowest BCUT2D eigenvalue weighted by atomic mass is 10.2. The first-order valence-electron chi connectivity index (χ1n) is 8.77. The summed E-state index contributed by atoms with van der Waals surface area (Å²) in [6.45, 7) is 6.73. The van der Waals surface area contributed by atoms with Gasteiger partial charge in [-0.25, -0.2) is 9.97 Å². The van der Waals surface area contributed by atoms with Gasteiger partial charge in [-0.2, -0.15) is 0 Å². The average Bonchev–Trinajstić information content (AvgIpc) is 3.22. The van der Waals surface area contributed by atoms with Crippen molar-refractivity contribution in [1.82, 2.24) is 14.5 Å². The van der Waals surface area contributed by atoms with Crippen LogP contribution in [-0.4, -0.2) is 27.6 Å². The molecule has 1 aliphatic rings. The topological polar surface area (TPSA) is 63.9 Å². The molecule has 0 bridgehead atoms. The Bertz CT molecular complexity index is 1090. The summed E-state index contributed by atoms with van der Waals surface area (Å²) >= 11 is 1.41. The molecule has 134 valence electrons. The summed E-state index contributed by atoms with van der Waals surface area (Å²) in [5, 5.41) is 0.993. The van der Waals surface area contributed by atoms with Crippen LogP contribution in [0.25, 0.3) is 20.4 Å². The Morgan fingerprint density at radius 3 is 2.73 bits per heavy atom. The number of rotatable bonds is 3. The fraction of sp³-hybridized carbons (Fsp3) is 0.316. The van der Waals surface area contributed by atoms with Gasteiger partial charge in [0.2, 0.25) is 0 Å². The molecule has 0 unspecified atom stereocenters. The van der Waals surface area contributed by atoms with E-state index in [0.717, 1.165) is 40.3 Å². The zero-order chi connectivity index (χ0) is 18.1. The molecule has 7 heteroatoms. The highest BCUT2D eigenvalue weighted by Gasteiger charge is 2.24. The van der Waals surface area contributed by atoms with Crippen molar-refractivity contribution in [2.45, 2.75) is 26.8 Å². The summed E-state index contributed by atoms with van der Waals surface area (Å²) in [7, 11) is 0. The minimum atomic E-state index is -0.0499. The van der Waals surface area contributed by atoms with Gasteiger partial charge in [-0.05, 0) is 18.2 Å². The minimum Gasteiger partial charge on any atom is -0.467 e. The van der Waals surface area contributed by atoms with E-state index in [4.69, 9.17) is 4.42 Å². The Morgan fingerprint density at radius 2 is 2.04 bits per heavy atom. The molecule has 0 saturated carbocycles. The van der Waals surface area contributed by atoms with Gasteiger partial charge in [-0.1, -0.05) is 20.3 Å². The lowest BCUT2D eigenvalue weighted by Crippen LogP contribution is -2.19. The second kappa shape index (κ2) is 6.92. The van der Waals surface area contributed by atoms with Crippen molar-refractivity contribution >= 4 is 37.5 Å². The van der Waals surface area contributed by atoms with Crippen LogP contribution in [-0.2, 0) is 6.54 Å². The molecule has 0 aromatic carbocycles. The molecule has 26 heavy (non-hydrogen) atoms. The van der Waals surface area contributed by atoms with E-state index in [1.807, 2.05) is 18.2 Å². The number of furan rings is 1. The molecule has 4 aromatic heterocycles. The number of fused-ring (bicyclic) bond motifs is 3. The number of aromatic nitrogens is 3. The molecule has 1 aliphatic heterocycles. The Hall–Kier alpha value is -2.67. The number of hydrogen-bond donors (Lipinski definition) is 0. The third-order valence-corrected chi connectivity index (χ3v) is 5.10. The molecule has 0 N–H and O–H groups in total. The molecule has 0 atom stereocenters. The van der Waals surface area contributed by atoms with E-state index in [9.17, 15) is 4.79 Å². The van der Waals surface area contributed by atoms with Gasteiger partial charge in [0, 0.05) is 19.3 Å². The largest absolute Gasteiger partial charge is 0.467 e. The molecule has 1 fully saturated rings. The molecule has 0 amide bonds. The molecule has 6 nitrogen and oxygen atoms in total. The quantitative estimate of drug-likeness (QED) is 0.514. The first-order valence-corrected chi connectivity index (χ1v) is 9.58. The molecule has 0 aliphatic carbocycles. The van der Waals surface area contributed by atoms with Crippen molar-refractivity contribution < 1.29 is 4.42 Å². The number of nitrogens with zero attached hydrogens (tertiary/aromatic N) is 4. The van der Waals surface area contributed by atoms with E-state index in [1.54, 1.807) is 23.4 Å². The van der Waals surface area contributed by atoms with Crippen LogP contribution in [0.4, 0.5) is 5.69 Å². The number of pyridine rings is 1. The van der Waals surface area contributed by atoms with Gasteiger partial charge in [-0.15, -0.1) is 11.3 Å². The van der Waals surface area contributed by atoms with Crippen LogP contribution in [0.2, 0.25) is 0 Å². The second-order valence-corrected chi connectivity index (χ2v) is 7.24. The van der Waals surface area contributed by atoms with Gasteiger partial charge in [0.05, 0.1) is 35.7 Å². The third kappa shape index (κ3) is 2.99. The van der Waals surface area contributed by atoms with Crippen molar-refractivity contribution in [3.63, 3.8) is 0 Å². The Labute approximate surface area is 154 Å². The van der Waals surface area contributed by atoms with Crippen LogP contribution >= 0.6 is 11.3 Å². The van der Waals surface area contributed by atoms with Crippen molar-refractivity contribution in [2.75, 3.05) is 18.0 Å². The van der Waals surface area contributed by atoms with E-state index in [2.05, 4.69) is 28.7 Å². The highest BCUT2D eigenvalue weighted by Crippen LogP contribution is 2.37. The highest BCUT2D eigenvalue weighted by molar-refractivity contribution is 7.25. The van der Waals surface area contributed by atoms with E-state index in [0.29, 0.717) is 11.2 Å². The smallest absolute Gasteiger partial charge is 0.271 e. The molecule has 0 spiro atoms. The number of anilines is 1. The maximum atomic E-state index is 12.8. The zero-order valence-electron chi connectivity index (χ0n) is 14.8. The molecule has 5 rings (SSSR count). The standard InChI is InChI=1S/C16H12N4O2S.C3H8/c21-16-14-13(18-9-20(16)8-10-2-1-7-22-10)12-11(19-5-6-19)3-4-17-15(12)23-14;1-3-2/h1-4,7,9H,5-6,8H2;3H2,1-2H3. The van der Waals surface area contributed by atoms with Crippen molar-refractivity contribution in [1.29, 1.82) is 0 Å². The van der Waals surface area contributed by atoms with Crippen LogP contribution in [0.15, 0.2) is 46.2 Å². The van der Waals surface area contributed by atoms with Crippen molar-refractivity contribution in [3.05, 3.63) is 53.1 Å². The molecular formula is C19H20N4O2S. The van der Waals surface area contributed by atoms with Crippen LogP contribution in [0.3, 0.4) is 0 Å². The van der Waals surface area contributed by atoms with Gasteiger partial charge in [-0.3, -0.25) is 9.36 Å². The monoisotopic (exact) mass is 368 g/mol. The Kier molecular flexibility index (Phi) is 4.46. The van der Waals surface area contributed by atoms with Crippen LogP contribution in [0.5, 0.6) is 0 Å². The van der Waals surface area contributed by atoms with Gasteiger partial charge in [0.1, 0.15) is 15.3 Å². The van der Waals surface area contributed by atoms with Gasteiger partial charge in [0.25, 0.3) is 5.56 Å². The van der Waals surface area contributed by atoms with Crippen molar-refractivity contribution in [3.8, 4) is 0 Å². The summed E-state index contributed by atoms with van der Waals surface area (Å²) in [4.78, 5) is 24.9. The van der Waals surface area contributed by atoms with Gasteiger partial charge in [0.15, 0.2) is 0 Å². The van der Waals surface area contributed by atoms with Gasteiger partial charge >= 0.3 is 0 Å². The van der Waals surface area contributed by atoms with E-state index in [-0.39, 0.29) is 5.56 Å². The van der Waals surface area contributed by atoms with E-state index < -0.39 is 0 Å². The van der Waals surface area contributed by atoms with Gasteiger partial charge < -0.3 is 9.32 Å². The maximum Gasteiger partial charge on any atom is 0.271 e. The Morgan fingerprint density at radius 1 is 1.23 bits per heavy atom. The summed E-state index contributed by atoms with van der Waals surface area (Å²) in [5.74, 6) is 0.734. The fourth-order valence-electron chi connectivity index (χ4n) is 2.81. The molecule has 4 aromatic rings. The third-order valence-electron chi connectivity index (χ3n) is 4.02. The SMILES string of the molecule is CCC.O=c1c2sc3nccc(N4CC4)c3c2ncn1Cc1ccco1. The van der Waals surface area contributed by atoms with Crippen LogP contribution < -0.4 is 10.5 Å². The zero-order valence-corrected chi connectivity index (χ0v) is 15.6. The summed E-state index contributed by atoms with van der Waals surface area (Å²) in [5.41, 5.74) is 1.82. The molecule has 1 saturated heterocycles. The lowest BCUT2D eigenvalue weighted by molar-refractivity contribution is 0.489. The predicted octanol–water partition coefficient (Wildman–Crippen LogP) is 3.88. The predicted molar refractivity (Wildman–Crippen MR) is 105 cm³/mol. The highest BCUT2D eigenvalue weighted by atomic mass is 32.1. The van der Waals surface area contributed by atoms with E-state index in [1.165, 1.54) is 17.8 Å². The first-order chi connectivity index (χ1) is 12.7. The molecule has 5 heterocycles. The first kappa shape index (κ1) is 16.8. The summed E-state index contributed by atoms with van der Waals surface area (Å²) < 4.78 is 7.55. The minimum absolute atomic E-state index is 0.0499. The maximum absolute atomic E-state index is 12.8. The molecule has 0 radical (unpaired) electrons. The summed E-state index contributed by atoms with van der Waals surface area (Å²) in [6.07, 6.45) is 6.25. The van der Waals surface area contributed by atoms with Crippen LogP contribution in [0, 0.1) is 0 Å². The Balaban J connectivity index is 0.000000527. The number of hydrogen-bond acceptors (Lipinski definition) is 6. The fourth-order valence-corrected chi connectivity index (χ4v) is 3.87. The summed E-state index contributed by atoms with van der Waals surface area (Å²) in [6, 6.07) is 5.66. The van der Waals surface area contributed by atoms with Crippen LogP contribution in [0.1, 0.15) is 26.0 Å². The van der Waals surface area contributed by atoms with Crippen molar-refractivity contribution in [2.24, 2.45) is 0 Å².